The van der Waals surface area contributed by atoms with Crippen LogP contribution in [0.15, 0.2) is 46.9 Å². The molecule has 0 spiro atoms. The van der Waals surface area contributed by atoms with E-state index in [-0.39, 0.29) is 0 Å². The predicted octanol–water partition coefficient (Wildman–Crippen LogP) is 5.54. The van der Waals surface area contributed by atoms with Crippen molar-refractivity contribution in [1.29, 1.82) is 0 Å². The SMILES string of the molecule is Cc1cc(I)ccc1NC(C)c1ccc(Br)cc1. The maximum Gasteiger partial charge on any atom is 0.0485 e. The highest BCUT2D eigenvalue weighted by atomic mass is 127. The molecular formula is C15H15BrIN. The summed E-state index contributed by atoms with van der Waals surface area (Å²) in [6.07, 6.45) is 0. The van der Waals surface area contributed by atoms with E-state index in [9.17, 15) is 0 Å². The van der Waals surface area contributed by atoms with Gasteiger partial charge in [-0.15, -0.1) is 0 Å². The number of anilines is 1. The summed E-state index contributed by atoms with van der Waals surface area (Å²) in [5, 5.41) is 3.55. The molecule has 18 heavy (non-hydrogen) atoms. The molecule has 94 valence electrons. The Morgan fingerprint density at radius 1 is 1.11 bits per heavy atom. The molecular weight excluding hydrogens is 401 g/mol. The van der Waals surface area contributed by atoms with Gasteiger partial charge in [0.15, 0.2) is 0 Å². The van der Waals surface area contributed by atoms with Gasteiger partial charge in [0.2, 0.25) is 0 Å². The van der Waals surface area contributed by atoms with Gasteiger partial charge in [0.05, 0.1) is 0 Å². The first kappa shape index (κ1) is 13.9. The molecule has 3 heteroatoms. The summed E-state index contributed by atoms with van der Waals surface area (Å²) >= 11 is 5.80. The summed E-state index contributed by atoms with van der Waals surface area (Å²) < 4.78 is 2.39. The molecule has 2 aromatic carbocycles. The molecule has 0 saturated heterocycles. The van der Waals surface area contributed by atoms with Gasteiger partial charge in [-0.3, -0.25) is 0 Å². The number of nitrogens with one attached hydrogen (secondary N) is 1. The summed E-state index contributed by atoms with van der Waals surface area (Å²) in [7, 11) is 0. The monoisotopic (exact) mass is 415 g/mol. The predicted molar refractivity (Wildman–Crippen MR) is 90.1 cm³/mol. The Morgan fingerprint density at radius 2 is 1.78 bits per heavy atom. The largest absolute Gasteiger partial charge is 0.378 e. The van der Waals surface area contributed by atoms with E-state index in [2.05, 4.69) is 100 Å². The fourth-order valence-electron chi connectivity index (χ4n) is 1.86. The molecule has 0 heterocycles. The fourth-order valence-corrected chi connectivity index (χ4v) is 2.77. The molecule has 1 unspecified atom stereocenters. The lowest BCUT2D eigenvalue weighted by Crippen LogP contribution is -2.07. The summed E-state index contributed by atoms with van der Waals surface area (Å²) in [5.74, 6) is 0. The van der Waals surface area contributed by atoms with Gasteiger partial charge in [-0.2, -0.15) is 0 Å². The Morgan fingerprint density at radius 3 is 2.39 bits per heavy atom. The van der Waals surface area contributed by atoms with Crippen molar-refractivity contribution in [2.75, 3.05) is 5.32 Å². The minimum Gasteiger partial charge on any atom is -0.378 e. The molecule has 0 radical (unpaired) electrons. The van der Waals surface area contributed by atoms with Gasteiger partial charge in [-0.05, 0) is 77.9 Å². The van der Waals surface area contributed by atoms with E-state index in [0.29, 0.717) is 6.04 Å². The normalized spacial score (nSPS) is 12.2. The van der Waals surface area contributed by atoms with Gasteiger partial charge >= 0.3 is 0 Å². The molecule has 1 atom stereocenters. The van der Waals surface area contributed by atoms with Crippen LogP contribution in [0, 0.1) is 10.5 Å². The molecule has 0 saturated carbocycles. The zero-order valence-corrected chi connectivity index (χ0v) is 14.1. The van der Waals surface area contributed by atoms with Gasteiger partial charge in [-0.1, -0.05) is 28.1 Å². The lowest BCUT2D eigenvalue weighted by molar-refractivity contribution is 0.882. The Kier molecular flexibility index (Phi) is 4.67. The molecule has 0 amide bonds. The van der Waals surface area contributed by atoms with E-state index in [1.807, 2.05) is 0 Å². The number of aryl methyl sites for hydroxylation is 1. The molecule has 2 aromatic rings. The van der Waals surface area contributed by atoms with E-state index < -0.39 is 0 Å². The van der Waals surface area contributed by atoms with Crippen molar-refractivity contribution in [1.82, 2.24) is 0 Å². The lowest BCUT2D eigenvalue weighted by atomic mass is 10.1. The standard InChI is InChI=1S/C15H15BrIN/c1-10-9-14(17)7-8-15(10)18-11(2)12-3-5-13(16)6-4-12/h3-9,11,18H,1-2H3. The second-order valence-electron chi connectivity index (χ2n) is 4.38. The zero-order chi connectivity index (χ0) is 13.1. The summed E-state index contributed by atoms with van der Waals surface area (Å²) in [6, 6.07) is 15.2. The summed E-state index contributed by atoms with van der Waals surface area (Å²) in [4.78, 5) is 0. The molecule has 1 nitrogen and oxygen atoms in total. The van der Waals surface area contributed by atoms with Crippen LogP contribution in [0.5, 0.6) is 0 Å². The van der Waals surface area contributed by atoms with Crippen LogP contribution >= 0.6 is 38.5 Å². The number of hydrogen-bond donors (Lipinski definition) is 1. The molecule has 0 aliphatic heterocycles. The fraction of sp³-hybridized carbons (Fsp3) is 0.200. The first-order chi connectivity index (χ1) is 8.56. The smallest absolute Gasteiger partial charge is 0.0485 e. The van der Waals surface area contributed by atoms with Crippen LogP contribution in [0.1, 0.15) is 24.1 Å². The van der Waals surface area contributed by atoms with Gasteiger partial charge in [0.25, 0.3) is 0 Å². The minimum absolute atomic E-state index is 0.303. The molecule has 2 rings (SSSR count). The first-order valence-electron chi connectivity index (χ1n) is 5.84. The van der Waals surface area contributed by atoms with Crippen molar-refractivity contribution in [2.24, 2.45) is 0 Å². The van der Waals surface area contributed by atoms with Crippen LogP contribution in [-0.4, -0.2) is 0 Å². The van der Waals surface area contributed by atoms with E-state index in [0.717, 1.165) is 4.47 Å². The average molecular weight is 416 g/mol. The number of halogens is 2. The Bertz CT molecular complexity index is 537. The van der Waals surface area contributed by atoms with Gasteiger partial charge in [0.1, 0.15) is 0 Å². The molecule has 1 N–H and O–H groups in total. The van der Waals surface area contributed by atoms with Crippen LogP contribution in [-0.2, 0) is 0 Å². The highest BCUT2D eigenvalue weighted by Crippen LogP contribution is 2.24. The van der Waals surface area contributed by atoms with E-state index >= 15 is 0 Å². The summed E-state index contributed by atoms with van der Waals surface area (Å²) in [5.41, 5.74) is 3.77. The third-order valence-electron chi connectivity index (χ3n) is 2.93. The third kappa shape index (κ3) is 3.48. The molecule has 0 fully saturated rings. The van der Waals surface area contributed by atoms with Crippen LogP contribution in [0.2, 0.25) is 0 Å². The van der Waals surface area contributed by atoms with Crippen LogP contribution in [0.3, 0.4) is 0 Å². The van der Waals surface area contributed by atoms with Crippen LogP contribution in [0.4, 0.5) is 5.69 Å². The third-order valence-corrected chi connectivity index (χ3v) is 4.13. The van der Waals surface area contributed by atoms with Crippen molar-refractivity contribution in [3.8, 4) is 0 Å². The maximum absolute atomic E-state index is 3.55. The second-order valence-corrected chi connectivity index (χ2v) is 6.54. The minimum atomic E-state index is 0.303. The first-order valence-corrected chi connectivity index (χ1v) is 7.71. The highest BCUT2D eigenvalue weighted by Gasteiger charge is 2.06. The lowest BCUT2D eigenvalue weighted by Gasteiger charge is -2.17. The Balaban J connectivity index is 2.15. The quantitative estimate of drug-likeness (QED) is 0.649. The maximum atomic E-state index is 3.55. The van der Waals surface area contributed by atoms with Gasteiger partial charge in [-0.25, -0.2) is 0 Å². The van der Waals surface area contributed by atoms with Crippen molar-refractivity contribution in [3.05, 3.63) is 61.6 Å². The van der Waals surface area contributed by atoms with Crippen molar-refractivity contribution in [3.63, 3.8) is 0 Å². The second kappa shape index (κ2) is 6.06. The number of rotatable bonds is 3. The molecule has 0 aromatic heterocycles. The van der Waals surface area contributed by atoms with Gasteiger partial charge < -0.3 is 5.32 Å². The molecule has 0 bridgehead atoms. The van der Waals surface area contributed by atoms with E-state index in [4.69, 9.17) is 0 Å². The Labute approximate surface area is 130 Å². The molecule has 0 aliphatic rings. The molecule has 0 aliphatic carbocycles. The number of benzene rings is 2. The Hall–Kier alpha value is -0.550. The number of hydrogen-bond acceptors (Lipinski definition) is 1. The van der Waals surface area contributed by atoms with Crippen LogP contribution < -0.4 is 5.32 Å². The van der Waals surface area contributed by atoms with E-state index in [1.54, 1.807) is 0 Å². The topological polar surface area (TPSA) is 12.0 Å². The van der Waals surface area contributed by atoms with Crippen molar-refractivity contribution in [2.45, 2.75) is 19.9 Å². The highest BCUT2D eigenvalue weighted by molar-refractivity contribution is 14.1. The average Bonchev–Trinajstić information content (AvgIpc) is 2.33. The van der Waals surface area contributed by atoms with Gasteiger partial charge in [0, 0.05) is 19.8 Å². The van der Waals surface area contributed by atoms with Crippen molar-refractivity contribution < 1.29 is 0 Å². The van der Waals surface area contributed by atoms with Crippen LogP contribution in [0.25, 0.3) is 0 Å². The summed E-state index contributed by atoms with van der Waals surface area (Å²) in [6.45, 7) is 4.32. The van der Waals surface area contributed by atoms with Crippen molar-refractivity contribution >= 4 is 44.2 Å². The zero-order valence-electron chi connectivity index (χ0n) is 10.4. The van der Waals surface area contributed by atoms with E-state index in [1.165, 1.54) is 20.4 Å².